The number of aromatic nitrogens is 2. The molecular formula is C25H20Br2FN3O2. The Morgan fingerprint density at radius 2 is 1.88 bits per heavy atom. The van der Waals surface area contributed by atoms with Crippen LogP contribution in [-0.4, -0.2) is 15.9 Å². The van der Waals surface area contributed by atoms with Crippen LogP contribution in [0.3, 0.4) is 0 Å². The van der Waals surface area contributed by atoms with Crippen molar-refractivity contribution in [3.63, 3.8) is 0 Å². The van der Waals surface area contributed by atoms with Gasteiger partial charge in [0.2, 0.25) is 0 Å². The molecule has 8 heteroatoms. The Morgan fingerprint density at radius 1 is 1.09 bits per heavy atom. The summed E-state index contributed by atoms with van der Waals surface area (Å²) in [4.78, 5) is 17.9. The minimum absolute atomic E-state index is 0.201. The zero-order valence-corrected chi connectivity index (χ0v) is 20.9. The van der Waals surface area contributed by atoms with Gasteiger partial charge in [-0.2, -0.15) is 9.78 Å². The Labute approximate surface area is 207 Å². The SMILES string of the molecule is CCCc1nc2ccc(Br)cc2c(=O)n1N=Cc1cc(Br)ccc1OCc1cccc(F)c1. The highest BCUT2D eigenvalue weighted by atomic mass is 79.9. The lowest BCUT2D eigenvalue weighted by Gasteiger charge is -2.11. The summed E-state index contributed by atoms with van der Waals surface area (Å²) >= 11 is 6.88. The van der Waals surface area contributed by atoms with Gasteiger partial charge in [-0.15, -0.1) is 0 Å². The van der Waals surface area contributed by atoms with Crippen molar-refractivity contribution in [1.82, 2.24) is 9.66 Å². The van der Waals surface area contributed by atoms with Gasteiger partial charge in [-0.3, -0.25) is 4.79 Å². The van der Waals surface area contributed by atoms with Crippen LogP contribution in [0.25, 0.3) is 10.9 Å². The van der Waals surface area contributed by atoms with Crippen molar-refractivity contribution >= 4 is 49.0 Å². The minimum Gasteiger partial charge on any atom is -0.488 e. The predicted octanol–water partition coefficient (Wildman–Crippen LogP) is 6.47. The first-order chi connectivity index (χ1) is 15.9. The van der Waals surface area contributed by atoms with Gasteiger partial charge in [-0.25, -0.2) is 9.37 Å². The largest absolute Gasteiger partial charge is 0.488 e. The number of hydrogen-bond acceptors (Lipinski definition) is 4. The molecule has 0 N–H and O–H groups in total. The molecule has 0 spiro atoms. The van der Waals surface area contributed by atoms with Gasteiger partial charge in [-0.05, 0) is 60.5 Å². The lowest BCUT2D eigenvalue weighted by molar-refractivity contribution is 0.305. The zero-order valence-electron chi connectivity index (χ0n) is 17.8. The number of hydrogen-bond donors (Lipinski definition) is 0. The number of aryl methyl sites for hydroxylation is 1. The standard InChI is InChI=1S/C25H20Br2FN3O2/c1-2-4-24-30-22-9-7-19(27)13-21(22)25(32)31(24)29-14-17-12-18(26)8-10-23(17)33-15-16-5-3-6-20(28)11-16/h3,5-14H,2,4,15H2,1H3. The Balaban J connectivity index is 1.71. The molecule has 0 saturated carbocycles. The van der Waals surface area contributed by atoms with Crippen molar-refractivity contribution in [3.05, 3.63) is 103 Å². The fourth-order valence-electron chi connectivity index (χ4n) is 3.36. The molecule has 4 rings (SSSR count). The van der Waals surface area contributed by atoms with Gasteiger partial charge >= 0.3 is 0 Å². The predicted molar refractivity (Wildman–Crippen MR) is 136 cm³/mol. The number of rotatable bonds is 7. The second kappa shape index (κ2) is 10.4. The number of fused-ring (bicyclic) bond motifs is 1. The third-order valence-corrected chi connectivity index (χ3v) is 5.90. The molecule has 0 fully saturated rings. The van der Waals surface area contributed by atoms with Crippen LogP contribution in [-0.2, 0) is 13.0 Å². The number of halogens is 3. The second-order valence-corrected chi connectivity index (χ2v) is 9.23. The average molecular weight is 573 g/mol. The molecule has 0 atom stereocenters. The Kier molecular flexibility index (Phi) is 7.35. The van der Waals surface area contributed by atoms with E-state index in [1.165, 1.54) is 16.8 Å². The summed E-state index contributed by atoms with van der Waals surface area (Å²) in [7, 11) is 0. The highest BCUT2D eigenvalue weighted by Crippen LogP contribution is 2.23. The first-order valence-electron chi connectivity index (χ1n) is 10.4. The van der Waals surface area contributed by atoms with Crippen LogP contribution >= 0.6 is 31.9 Å². The molecule has 0 amide bonds. The van der Waals surface area contributed by atoms with Gasteiger partial charge in [0.15, 0.2) is 0 Å². The molecule has 4 aromatic rings. The van der Waals surface area contributed by atoms with E-state index in [2.05, 4.69) is 41.9 Å². The van der Waals surface area contributed by atoms with Crippen LogP contribution in [0.4, 0.5) is 4.39 Å². The van der Waals surface area contributed by atoms with E-state index in [1.807, 2.05) is 31.2 Å². The van der Waals surface area contributed by atoms with E-state index < -0.39 is 0 Å². The maximum Gasteiger partial charge on any atom is 0.282 e. The van der Waals surface area contributed by atoms with E-state index in [1.54, 1.807) is 30.5 Å². The molecule has 3 aromatic carbocycles. The number of ether oxygens (including phenoxy) is 1. The van der Waals surface area contributed by atoms with Gasteiger partial charge in [0.1, 0.15) is 24.0 Å². The van der Waals surface area contributed by atoms with E-state index in [-0.39, 0.29) is 18.0 Å². The van der Waals surface area contributed by atoms with Crippen molar-refractivity contribution in [2.75, 3.05) is 0 Å². The van der Waals surface area contributed by atoms with Crippen LogP contribution < -0.4 is 10.3 Å². The highest BCUT2D eigenvalue weighted by molar-refractivity contribution is 9.10. The highest BCUT2D eigenvalue weighted by Gasteiger charge is 2.11. The molecule has 1 heterocycles. The summed E-state index contributed by atoms with van der Waals surface area (Å²) in [5.74, 6) is 0.838. The van der Waals surface area contributed by atoms with Crippen LogP contribution in [0.5, 0.6) is 5.75 Å². The molecule has 168 valence electrons. The van der Waals surface area contributed by atoms with Gasteiger partial charge in [-0.1, -0.05) is 50.9 Å². The molecule has 0 aliphatic carbocycles. The van der Waals surface area contributed by atoms with Gasteiger partial charge in [0.05, 0.1) is 17.1 Å². The van der Waals surface area contributed by atoms with Crippen LogP contribution in [0.1, 0.15) is 30.3 Å². The van der Waals surface area contributed by atoms with Crippen molar-refractivity contribution in [3.8, 4) is 5.75 Å². The van der Waals surface area contributed by atoms with Gasteiger partial charge in [0, 0.05) is 20.9 Å². The number of benzene rings is 3. The lowest BCUT2D eigenvalue weighted by atomic mass is 10.2. The Hall–Kier alpha value is -2.84. The summed E-state index contributed by atoms with van der Waals surface area (Å²) in [6.45, 7) is 2.23. The van der Waals surface area contributed by atoms with Crippen LogP contribution in [0.2, 0.25) is 0 Å². The molecule has 0 aliphatic heterocycles. The van der Waals surface area contributed by atoms with Crippen LogP contribution in [0.15, 0.2) is 79.5 Å². The van der Waals surface area contributed by atoms with E-state index in [0.29, 0.717) is 40.0 Å². The summed E-state index contributed by atoms with van der Waals surface area (Å²) in [6, 6.07) is 17.2. The summed E-state index contributed by atoms with van der Waals surface area (Å²) < 4.78 is 22.4. The second-order valence-electron chi connectivity index (χ2n) is 7.40. The minimum atomic E-state index is -0.313. The normalized spacial score (nSPS) is 11.4. The molecule has 33 heavy (non-hydrogen) atoms. The third-order valence-electron chi connectivity index (χ3n) is 4.92. The molecule has 0 radical (unpaired) electrons. The molecule has 1 aromatic heterocycles. The van der Waals surface area contributed by atoms with Gasteiger partial charge < -0.3 is 4.74 Å². The molecule has 0 bridgehead atoms. The zero-order chi connectivity index (χ0) is 23.4. The fourth-order valence-corrected chi connectivity index (χ4v) is 4.10. The van der Waals surface area contributed by atoms with E-state index in [4.69, 9.17) is 4.74 Å². The lowest BCUT2D eigenvalue weighted by Crippen LogP contribution is -2.22. The third kappa shape index (κ3) is 5.57. The summed E-state index contributed by atoms with van der Waals surface area (Å²) in [5.41, 5.74) is 1.79. The van der Waals surface area contributed by atoms with Crippen molar-refractivity contribution in [2.24, 2.45) is 5.10 Å². The molecular weight excluding hydrogens is 553 g/mol. The van der Waals surface area contributed by atoms with Crippen molar-refractivity contribution in [2.45, 2.75) is 26.4 Å². The Morgan fingerprint density at radius 3 is 2.67 bits per heavy atom. The molecule has 0 unspecified atom stereocenters. The quantitative estimate of drug-likeness (QED) is 0.238. The molecule has 5 nitrogen and oxygen atoms in total. The average Bonchev–Trinajstić information content (AvgIpc) is 2.79. The van der Waals surface area contributed by atoms with E-state index in [0.717, 1.165) is 15.4 Å². The van der Waals surface area contributed by atoms with E-state index in [9.17, 15) is 9.18 Å². The summed E-state index contributed by atoms with van der Waals surface area (Å²) in [5, 5.41) is 4.97. The summed E-state index contributed by atoms with van der Waals surface area (Å²) in [6.07, 6.45) is 3.01. The fraction of sp³-hybridized carbons (Fsp3) is 0.160. The van der Waals surface area contributed by atoms with Crippen molar-refractivity contribution in [1.29, 1.82) is 0 Å². The van der Waals surface area contributed by atoms with E-state index >= 15 is 0 Å². The van der Waals surface area contributed by atoms with Gasteiger partial charge in [0.25, 0.3) is 5.56 Å². The topological polar surface area (TPSA) is 56.5 Å². The smallest absolute Gasteiger partial charge is 0.282 e. The first-order valence-corrected chi connectivity index (χ1v) is 12.0. The monoisotopic (exact) mass is 571 g/mol. The first kappa shape index (κ1) is 23.3. The number of nitrogens with zero attached hydrogens (tertiary/aromatic N) is 3. The Bertz CT molecular complexity index is 1400. The van der Waals surface area contributed by atoms with Crippen LogP contribution in [0, 0.1) is 5.82 Å². The van der Waals surface area contributed by atoms with Crippen molar-refractivity contribution < 1.29 is 9.13 Å². The molecule has 0 saturated heterocycles. The molecule has 0 aliphatic rings. The maximum absolute atomic E-state index is 13.5. The maximum atomic E-state index is 13.5.